The second-order valence-corrected chi connectivity index (χ2v) is 5.62. The van der Waals surface area contributed by atoms with Crippen molar-refractivity contribution in [2.75, 3.05) is 31.6 Å². The van der Waals surface area contributed by atoms with E-state index >= 15 is 0 Å². The molecule has 0 saturated carbocycles. The van der Waals surface area contributed by atoms with Gasteiger partial charge in [0.2, 0.25) is 11.1 Å². The molecule has 2 heterocycles. The Balaban J connectivity index is 2.27. The summed E-state index contributed by atoms with van der Waals surface area (Å²) < 4.78 is 0. The fourth-order valence-electron chi connectivity index (χ4n) is 2.77. The van der Waals surface area contributed by atoms with E-state index in [1.165, 1.54) is 0 Å². The van der Waals surface area contributed by atoms with Gasteiger partial charge in [0.1, 0.15) is 5.69 Å². The highest BCUT2D eigenvalue weighted by molar-refractivity contribution is 6.28. The molecule has 1 aromatic rings. The van der Waals surface area contributed by atoms with Gasteiger partial charge in [-0.2, -0.15) is 4.98 Å². The molecule has 0 N–H and O–H groups in total. The molecule has 0 spiro atoms. The topological polar surface area (TPSA) is 75.4 Å². The summed E-state index contributed by atoms with van der Waals surface area (Å²) in [6.07, 6.45) is 1.92. The van der Waals surface area contributed by atoms with Crippen molar-refractivity contribution in [3.8, 4) is 0 Å². The molecule has 0 bridgehead atoms. The Kier molecular flexibility index (Phi) is 4.95. The van der Waals surface area contributed by atoms with Gasteiger partial charge in [-0.3, -0.25) is 10.1 Å². The number of aromatic nitrogens is 2. The van der Waals surface area contributed by atoms with Crippen molar-refractivity contribution in [1.29, 1.82) is 0 Å². The van der Waals surface area contributed by atoms with E-state index in [1.807, 2.05) is 11.9 Å². The van der Waals surface area contributed by atoms with Crippen molar-refractivity contribution in [2.45, 2.75) is 32.7 Å². The lowest BCUT2D eigenvalue weighted by Gasteiger charge is -2.36. The summed E-state index contributed by atoms with van der Waals surface area (Å²) in [5.41, 5.74) is 0.243. The molecule has 1 fully saturated rings. The Morgan fingerprint density at radius 3 is 2.57 bits per heavy atom. The zero-order chi connectivity index (χ0) is 15.6. The summed E-state index contributed by atoms with van der Waals surface area (Å²) in [6, 6.07) is 0.233. The number of halogens is 1. The lowest BCUT2D eigenvalue weighted by molar-refractivity contribution is -0.385. The number of nitro groups is 1. The Labute approximate surface area is 129 Å². The number of hydrogen-bond acceptors (Lipinski definition) is 6. The predicted molar refractivity (Wildman–Crippen MR) is 82.0 cm³/mol. The van der Waals surface area contributed by atoms with E-state index in [0.29, 0.717) is 11.5 Å². The summed E-state index contributed by atoms with van der Waals surface area (Å²) in [5.74, 6) is 0.312. The highest BCUT2D eigenvalue weighted by atomic mass is 35.5. The van der Waals surface area contributed by atoms with Gasteiger partial charge in [0.15, 0.2) is 0 Å². The van der Waals surface area contributed by atoms with Crippen molar-refractivity contribution in [1.82, 2.24) is 14.9 Å². The van der Waals surface area contributed by atoms with Crippen LogP contribution >= 0.6 is 11.6 Å². The van der Waals surface area contributed by atoms with E-state index in [4.69, 9.17) is 11.6 Å². The third-order valence-corrected chi connectivity index (χ3v) is 4.25. The summed E-state index contributed by atoms with van der Waals surface area (Å²) in [6.45, 7) is 6.76. The van der Waals surface area contributed by atoms with Gasteiger partial charge in [-0.1, -0.05) is 6.92 Å². The molecule has 8 heteroatoms. The van der Waals surface area contributed by atoms with Gasteiger partial charge in [0.05, 0.1) is 4.92 Å². The van der Waals surface area contributed by atoms with Gasteiger partial charge < -0.3 is 9.80 Å². The molecular formula is C13H20ClN5O2. The van der Waals surface area contributed by atoms with Crippen molar-refractivity contribution >= 4 is 23.1 Å². The maximum absolute atomic E-state index is 11.3. The lowest BCUT2D eigenvalue weighted by Crippen LogP contribution is -2.43. The van der Waals surface area contributed by atoms with E-state index in [9.17, 15) is 10.1 Å². The smallest absolute Gasteiger partial charge is 0.332 e. The van der Waals surface area contributed by atoms with Crippen molar-refractivity contribution in [2.24, 2.45) is 0 Å². The lowest BCUT2D eigenvalue weighted by atomic mass is 10.0. The highest BCUT2D eigenvalue weighted by Crippen LogP contribution is 2.32. The number of nitrogens with zero attached hydrogens (tertiary/aromatic N) is 5. The molecule has 0 aliphatic carbocycles. The number of hydrogen-bond donors (Lipinski definition) is 0. The average Bonchev–Trinajstić information content (AvgIpc) is 2.45. The van der Waals surface area contributed by atoms with Crippen LogP contribution < -0.4 is 4.90 Å². The first-order valence-corrected chi connectivity index (χ1v) is 7.45. The molecule has 0 unspecified atom stereocenters. The van der Waals surface area contributed by atoms with Crippen LogP contribution in [0.4, 0.5) is 11.5 Å². The quantitative estimate of drug-likeness (QED) is 0.482. The minimum Gasteiger partial charge on any atom is -0.351 e. The zero-order valence-electron chi connectivity index (χ0n) is 12.5. The Morgan fingerprint density at radius 1 is 1.43 bits per heavy atom. The minimum absolute atomic E-state index is 0.0472. The summed E-state index contributed by atoms with van der Waals surface area (Å²) >= 11 is 5.88. The van der Waals surface area contributed by atoms with Crippen molar-refractivity contribution in [3.63, 3.8) is 0 Å². The second kappa shape index (κ2) is 6.53. The van der Waals surface area contributed by atoms with E-state index < -0.39 is 4.92 Å². The largest absolute Gasteiger partial charge is 0.351 e. The molecule has 1 aromatic heterocycles. The van der Waals surface area contributed by atoms with E-state index in [2.05, 4.69) is 21.8 Å². The van der Waals surface area contributed by atoms with Crippen LogP contribution in [-0.2, 0) is 0 Å². The Hall–Kier alpha value is -1.47. The van der Waals surface area contributed by atoms with Gasteiger partial charge in [-0.25, -0.2) is 4.98 Å². The summed E-state index contributed by atoms with van der Waals surface area (Å²) in [7, 11) is 1.84. The van der Waals surface area contributed by atoms with Crippen molar-refractivity contribution in [3.05, 3.63) is 21.1 Å². The van der Waals surface area contributed by atoms with Crippen LogP contribution in [0.2, 0.25) is 5.28 Å². The van der Waals surface area contributed by atoms with Crippen LogP contribution in [-0.4, -0.2) is 52.5 Å². The monoisotopic (exact) mass is 313 g/mol. The number of aryl methyl sites for hydroxylation is 1. The van der Waals surface area contributed by atoms with Gasteiger partial charge in [0, 0.05) is 26.2 Å². The predicted octanol–water partition coefficient (Wildman–Crippen LogP) is 2.27. The van der Waals surface area contributed by atoms with Crippen LogP contribution in [0.5, 0.6) is 0 Å². The van der Waals surface area contributed by atoms with Crippen molar-refractivity contribution < 1.29 is 4.92 Å². The molecule has 0 amide bonds. The van der Waals surface area contributed by atoms with Crippen LogP contribution in [0.25, 0.3) is 0 Å². The van der Waals surface area contributed by atoms with Gasteiger partial charge in [0.25, 0.3) is 0 Å². The minimum atomic E-state index is -0.432. The van der Waals surface area contributed by atoms with Crippen LogP contribution in [0.1, 0.15) is 25.5 Å². The highest BCUT2D eigenvalue weighted by Gasteiger charge is 2.30. The fraction of sp³-hybridized carbons (Fsp3) is 0.692. The Morgan fingerprint density at radius 2 is 2.05 bits per heavy atom. The first kappa shape index (κ1) is 15.9. The van der Waals surface area contributed by atoms with Gasteiger partial charge in [-0.15, -0.1) is 0 Å². The summed E-state index contributed by atoms with van der Waals surface area (Å²) in [4.78, 5) is 23.1. The third-order valence-electron chi connectivity index (χ3n) is 4.08. The molecule has 1 aliphatic heterocycles. The molecule has 0 aromatic carbocycles. The zero-order valence-corrected chi connectivity index (χ0v) is 13.3. The first-order chi connectivity index (χ1) is 9.93. The average molecular weight is 314 g/mol. The van der Waals surface area contributed by atoms with Crippen LogP contribution in [0, 0.1) is 17.0 Å². The number of likely N-dealkylation sites (tertiary alicyclic amines) is 1. The normalized spacial score (nSPS) is 17.0. The number of anilines is 1. The Bertz CT molecular complexity index is 532. The molecule has 1 saturated heterocycles. The second-order valence-electron chi connectivity index (χ2n) is 5.28. The standard InChI is InChI=1S/C13H20ClN5O2/c1-4-18-7-5-10(6-8-18)17(3)12-11(19(20)21)9(2)15-13(14)16-12/h10H,4-8H2,1-3H3. The maximum Gasteiger partial charge on any atom is 0.332 e. The molecule has 1 aliphatic rings. The molecule has 116 valence electrons. The number of piperidine rings is 1. The molecule has 7 nitrogen and oxygen atoms in total. The van der Waals surface area contributed by atoms with E-state index in [1.54, 1.807) is 6.92 Å². The summed E-state index contributed by atoms with van der Waals surface area (Å²) in [5, 5.41) is 11.3. The van der Waals surface area contributed by atoms with Gasteiger partial charge in [-0.05, 0) is 37.9 Å². The molecular weight excluding hydrogens is 294 g/mol. The van der Waals surface area contributed by atoms with E-state index in [0.717, 1.165) is 32.5 Å². The van der Waals surface area contributed by atoms with Crippen LogP contribution in [0.3, 0.4) is 0 Å². The fourth-order valence-corrected chi connectivity index (χ4v) is 2.98. The molecule has 2 rings (SSSR count). The first-order valence-electron chi connectivity index (χ1n) is 7.07. The molecule has 0 radical (unpaired) electrons. The molecule has 0 atom stereocenters. The number of rotatable bonds is 4. The van der Waals surface area contributed by atoms with Gasteiger partial charge >= 0.3 is 5.69 Å². The maximum atomic E-state index is 11.3. The van der Waals surface area contributed by atoms with E-state index in [-0.39, 0.29) is 17.0 Å². The van der Waals surface area contributed by atoms with Crippen LogP contribution in [0.15, 0.2) is 0 Å². The molecule has 21 heavy (non-hydrogen) atoms. The SMILES string of the molecule is CCN1CCC(N(C)c2nc(Cl)nc(C)c2[N+](=O)[O-])CC1. The third kappa shape index (κ3) is 3.41.